The highest BCUT2D eigenvalue weighted by Crippen LogP contribution is 2.19. The Bertz CT molecular complexity index is 542. The minimum Gasteiger partial charge on any atom is -0.494 e. The van der Waals surface area contributed by atoms with Crippen LogP contribution in [0, 0.1) is 0 Å². The normalized spacial score (nSPS) is 15.5. The maximum atomic E-state index is 12.2. The number of unbranched alkanes of at least 4 members (excludes halogenated alkanes) is 4. The third-order valence-electron chi connectivity index (χ3n) is 4.98. The van der Waals surface area contributed by atoms with E-state index in [1.54, 1.807) is 0 Å². The lowest BCUT2D eigenvalue weighted by molar-refractivity contribution is 0.0586. The van der Waals surface area contributed by atoms with E-state index in [0.29, 0.717) is 12.3 Å². The second kappa shape index (κ2) is 12.6. The minimum absolute atomic E-state index is 0.0147. The molecule has 2 rings (SSSR count). The number of hydrogen-bond donors (Lipinski definition) is 1. The smallest absolute Gasteiger partial charge is 0.411 e. The third kappa shape index (κ3) is 8.65. The molecule has 1 saturated heterocycles. The van der Waals surface area contributed by atoms with E-state index < -0.39 is 0 Å². The molecule has 0 radical (unpaired) electrons. The van der Waals surface area contributed by atoms with E-state index in [1.807, 2.05) is 24.3 Å². The van der Waals surface area contributed by atoms with Crippen LogP contribution >= 0.6 is 0 Å². The number of ether oxygens (including phenoxy) is 2. The fourth-order valence-electron chi connectivity index (χ4n) is 3.31. The van der Waals surface area contributed by atoms with Gasteiger partial charge < -0.3 is 14.4 Å². The topological polar surface area (TPSA) is 50.8 Å². The predicted octanol–water partition coefficient (Wildman–Crippen LogP) is 5.46. The van der Waals surface area contributed by atoms with Gasteiger partial charge in [0, 0.05) is 24.8 Å². The van der Waals surface area contributed by atoms with Gasteiger partial charge in [-0.05, 0) is 44.4 Å². The van der Waals surface area contributed by atoms with Gasteiger partial charge in [0.05, 0.1) is 6.61 Å². The van der Waals surface area contributed by atoms with Gasteiger partial charge >= 0.3 is 6.09 Å². The van der Waals surface area contributed by atoms with Gasteiger partial charge in [-0.2, -0.15) is 0 Å². The average Bonchev–Trinajstić information content (AvgIpc) is 2.67. The van der Waals surface area contributed by atoms with Gasteiger partial charge in [0.25, 0.3) is 0 Å². The van der Waals surface area contributed by atoms with Crippen LogP contribution in [0.3, 0.4) is 0 Å². The summed E-state index contributed by atoms with van der Waals surface area (Å²) in [4.78, 5) is 14.7. The van der Waals surface area contributed by atoms with Crippen molar-refractivity contribution in [3.63, 3.8) is 0 Å². The Kier molecular flexibility index (Phi) is 10.1. The lowest BCUT2D eigenvalue weighted by atomic mass is 10.1. The Morgan fingerprint density at radius 2 is 1.89 bits per heavy atom. The van der Waals surface area contributed by atoms with Crippen molar-refractivity contribution in [2.24, 2.45) is 0 Å². The lowest BCUT2D eigenvalue weighted by Gasteiger charge is -2.31. The molecule has 1 aliphatic rings. The van der Waals surface area contributed by atoms with E-state index in [-0.39, 0.29) is 12.2 Å². The Hall–Kier alpha value is -1.75. The van der Waals surface area contributed by atoms with Gasteiger partial charge in [-0.3, -0.25) is 5.32 Å². The number of likely N-dealkylation sites (tertiary alicyclic amines) is 1. The number of piperidine rings is 1. The summed E-state index contributed by atoms with van der Waals surface area (Å²) in [5.41, 5.74) is 0.714. The molecule has 0 atom stereocenters. The van der Waals surface area contributed by atoms with E-state index in [1.165, 1.54) is 32.1 Å². The first kappa shape index (κ1) is 21.5. The van der Waals surface area contributed by atoms with Crippen molar-refractivity contribution >= 4 is 11.8 Å². The Morgan fingerprint density at radius 3 is 2.63 bits per heavy atom. The van der Waals surface area contributed by atoms with Crippen molar-refractivity contribution in [3.8, 4) is 5.75 Å². The van der Waals surface area contributed by atoms with Crippen LogP contribution in [0.25, 0.3) is 0 Å². The highest BCUT2D eigenvalue weighted by atomic mass is 16.6. The van der Waals surface area contributed by atoms with Crippen LogP contribution in [-0.2, 0) is 4.74 Å². The maximum absolute atomic E-state index is 12.2. The zero-order valence-electron chi connectivity index (χ0n) is 17.0. The first-order valence-electron chi connectivity index (χ1n) is 10.6. The van der Waals surface area contributed by atoms with Crippen molar-refractivity contribution in [2.45, 2.75) is 71.3 Å². The fraction of sp³-hybridized carbons (Fsp3) is 0.682. The molecule has 1 aliphatic heterocycles. The van der Waals surface area contributed by atoms with Crippen molar-refractivity contribution in [1.29, 1.82) is 0 Å². The van der Waals surface area contributed by atoms with Crippen LogP contribution in [0.2, 0.25) is 0 Å². The summed E-state index contributed by atoms with van der Waals surface area (Å²) in [6.45, 7) is 8.31. The molecule has 0 unspecified atom stereocenters. The second-order valence-corrected chi connectivity index (χ2v) is 7.36. The summed E-state index contributed by atoms with van der Waals surface area (Å²) < 4.78 is 11.4. The molecule has 1 N–H and O–H groups in total. The van der Waals surface area contributed by atoms with E-state index >= 15 is 0 Å². The Morgan fingerprint density at radius 1 is 1.11 bits per heavy atom. The van der Waals surface area contributed by atoms with E-state index in [4.69, 9.17) is 9.47 Å². The Balaban J connectivity index is 1.69. The summed E-state index contributed by atoms with van der Waals surface area (Å²) >= 11 is 0. The molecule has 1 aromatic rings. The molecule has 0 saturated carbocycles. The number of rotatable bonds is 11. The Labute approximate surface area is 164 Å². The molecule has 5 heteroatoms. The molecule has 152 valence electrons. The average molecular weight is 377 g/mol. The molecule has 1 heterocycles. The van der Waals surface area contributed by atoms with Crippen LogP contribution < -0.4 is 10.1 Å². The van der Waals surface area contributed by atoms with E-state index in [0.717, 1.165) is 44.6 Å². The quantitative estimate of drug-likeness (QED) is 0.521. The molecular weight excluding hydrogens is 340 g/mol. The third-order valence-corrected chi connectivity index (χ3v) is 4.98. The lowest BCUT2D eigenvalue weighted by Crippen LogP contribution is -2.38. The van der Waals surface area contributed by atoms with E-state index in [2.05, 4.69) is 24.1 Å². The van der Waals surface area contributed by atoms with Gasteiger partial charge in [-0.25, -0.2) is 4.79 Å². The largest absolute Gasteiger partial charge is 0.494 e. The predicted molar refractivity (Wildman–Crippen MR) is 111 cm³/mol. The number of hydrogen-bond acceptors (Lipinski definition) is 4. The first-order chi connectivity index (χ1) is 13.2. The molecule has 0 aliphatic carbocycles. The number of anilines is 1. The van der Waals surface area contributed by atoms with Crippen molar-refractivity contribution < 1.29 is 14.3 Å². The molecule has 1 amide bonds. The molecule has 0 aromatic heterocycles. The zero-order chi connectivity index (χ0) is 19.3. The number of amides is 1. The van der Waals surface area contributed by atoms with Crippen LogP contribution in [0.4, 0.5) is 10.5 Å². The number of carbonyl (C=O) groups excluding carboxylic acids is 1. The van der Waals surface area contributed by atoms with Gasteiger partial charge in [-0.1, -0.05) is 45.6 Å². The van der Waals surface area contributed by atoms with Gasteiger partial charge in [0.1, 0.15) is 11.9 Å². The monoisotopic (exact) mass is 376 g/mol. The van der Waals surface area contributed by atoms with Crippen molar-refractivity contribution in [3.05, 3.63) is 24.3 Å². The van der Waals surface area contributed by atoms with Crippen LogP contribution in [0.15, 0.2) is 24.3 Å². The molecule has 1 aromatic carbocycles. The SMILES string of the molecule is CCCCCCOc1cccc(NC(=O)OC2CCN(CCCC)CC2)c1. The molecule has 0 bridgehead atoms. The van der Waals surface area contributed by atoms with Crippen molar-refractivity contribution in [1.82, 2.24) is 4.90 Å². The molecule has 5 nitrogen and oxygen atoms in total. The summed E-state index contributed by atoms with van der Waals surface area (Å²) in [5.74, 6) is 0.786. The van der Waals surface area contributed by atoms with Gasteiger partial charge in [0.2, 0.25) is 0 Å². The number of benzene rings is 1. The molecule has 0 spiro atoms. The van der Waals surface area contributed by atoms with Crippen LogP contribution in [-0.4, -0.2) is 43.3 Å². The zero-order valence-corrected chi connectivity index (χ0v) is 17.0. The number of nitrogens with one attached hydrogen (secondary N) is 1. The summed E-state index contributed by atoms with van der Waals surface area (Å²) in [5, 5.41) is 2.83. The van der Waals surface area contributed by atoms with Gasteiger partial charge in [-0.15, -0.1) is 0 Å². The maximum Gasteiger partial charge on any atom is 0.411 e. The summed E-state index contributed by atoms with van der Waals surface area (Å²) in [7, 11) is 0. The first-order valence-corrected chi connectivity index (χ1v) is 10.6. The second-order valence-electron chi connectivity index (χ2n) is 7.36. The molecular formula is C22H36N2O3. The highest BCUT2D eigenvalue weighted by Gasteiger charge is 2.22. The molecule has 1 fully saturated rings. The molecule has 27 heavy (non-hydrogen) atoms. The van der Waals surface area contributed by atoms with Crippen LogP contribution in [0.5, 0.6) is 5.75 Å². The summed E-state index contributed by atoms with van der Waals surface area (Å²) in [6.07, 6.45) is 8.65. The van der Waals surface area contributed by atoms with Gasteiger partial charge in [0.15, 0.2) is 0 Å². The van der Waals surface area contributed by atoms with Crippen molar-refractivity contribution in [2.75, 3.05) is 31.6 Å². The minimum atomic E-state index is -0.373. The highest BCUT2D eigenvalue weighted by molar-refractivity contribution is 5.84. The standard InChI is InChI=1S/C22H36N2O3/c1-3-5-7-8-17-26-21-11-9-10-19(18-21)23-22(25)27-20-12-15-24(16-13-20)14-6-4-2/h9-11,18,20H,3-8,12-17H2,1-2H3,(H,23,25). The van der Waals surface area contributed by atoms with Crippen LogP contribution in [0.1, 0.15) is 65.2 Å². The fourth-order valence-corrected chi connectivity index (χ4v) is 3.31. The number of nitrogens with zero attached hydrogens (tertiary/aromatic N) is 1. The van der Waals surface area contributed by atoms with E-state index in [9.17, 15) is 4.79 Å². The number of carbonyl (C=O) groups is 1. The summed E-state index contributed by atoms with van der Waals surface area (Å²) in [6, 6.07) is 7.53.